The molecular formula is C10H9N3O. The average molecular weight is 187 g/mol. The van der Waals surface area contributed by atoms with Gasteiger partial charge in [0.1, 0.15) is 0 Å². The first kappa shape index (κ1) is 10.0. The van der Waals surface area contributed by atoms with Crippen LogP contribution in [0, 0.1) is 6.92 Å². The number of allylic oxidation sites excluding steroid dienone is 1. The lowest BCUT2D eigenvalue weighted by molar-refractivity contribution is 0.104. The van der Waals surface area contributed by atoms with Crippen LogP contribution in [0.1, 0.15) is 15.9 Å². The second-order valence-corrected chi connectivity index (χ2v) is 2.71. The van der Waals surface area contributed by atoms with Crippen LogP contribution in [0.2, 0.25) is 0 Å². The molecule has 1 aromatic carbocycles. The lowest BCUT2D eigenvalue weighted by Crippen LogP contribution is -1.96. The van der Waals surface area contributed by atoms with E-state index in [1.165, 1.54) is 6.08 Å². The van der Waals surface area contributed by atoms with Crippen molar-refractivity contribution in [2.45, 2.75) is 6.92 Å². The Morgan fingerprint density at radius 3 is 2.93 bits per heavy atom. The van der Waals surface area contributed by atoms with E-state index >= 15 is 0 Å². The monoisotopic (exact) mass is 187 g/mol. The molecule has 0 aromatic heterocycles. The van der Waals surface area contributed by atoms with Crippen molar-refractivity contribution in [2.75, 3.05) is 0 Å². The highest BCUT2D eigenvalue weighted by molar-refractivity contribution is 6.05. The molecule has 0 unspecified atom stereocenters. The summed E-state index contributed by atoms with van der Waals surface area (Å²) in [6.45, 7) is 5.14. The molecule has 0 heterocycles. The van der Waals surface area contributed by atoms with E-state index in [1.807, 2.05) is 0 Å². The van der Waals surface area contributed by atoms with Crippen molar-refractivity contribution in [3.05, 3.63) is 52.4 Å². The maximum Gasteiger partial charge on any atom is 0.185 e. The molecular weight excluding hydrogens is 178 g/mol. The van der Waals surface area contributed by atoms with Crippen molar-refractivity contribution >= 4 is 11.5 Å². The predicted octanol–water partition coefficient (Wildman–Crippen LogP) is 3.31. The molecule has 0 radical (unpaired) electrons. The number of carbonyl (C=O) groups is 1. The number of hydrogen-bond donors (Lipinski definition) is 0. The third kappa shape index (κ3) is 1.81. The molecule has 14 heavy (non-hydrogen) atoms. The van der Waals surface area contributed by atoms with Gasteiger partial charge < -0.3 is 0 Å². The fourth-order valence-electron chi connectivity index (χ4n) is 1.16. The van der Waals surface area contributed by atoms with E-state index in [0.717, 1.165) is 0 Å². The predicted molar refractivity (Wildman–Crippen MR) is 54.5 cm³/mol. The average Bonchev–Trinajstić information content (AvgIpc) is 2.20. The van der Waals surface area contributed by atoms with Crippen LogP contribution in [-0.2, 0) is 0 Å². The third-order valence-corrected chi connectivity index (χ3v) is 1.91. The van der Waals surface area contributed by atoms with Crippen LogP contribution >= 0.6 is 0 Å². The fraction of sp³-hybridized carbons (Fsp3) is 0.100. The lowest BCUT2D eigenvalue weighted by atomic mass is 10.0. The minimum atomic E-state index is -0.169. The Balaban J connectivity index is 3.33. The number of rotatable bonds is 3. The molecule has 4 heteroatoms. The van der Waals surface area contributed by atoms with Gasteiger partial charge in [-0.05, 0) is 24.1 Å². The van der Waals surface area contributed by atoms with Gasteiger partial charge in [-0.1, -0.05) is 29.9 Å². The molecule has 0 aliphatic carbocycles. The van der Waals surface area contributed by atoms with E-state index in [9.17, 15) is 4.79 Å². The lowest BCUT2D eigenvalue weighted by Gasteiger charge is -2.03. The van der Waals surface area contributed by atoms with Crippen molar-refractivity contribution in [3.8, 4) is 0 Å². The van der Waals surface area contributed by atoms with Gasteiger partial charge in [-0.2, -0.15) is 0 Å². The normalized spacial score (nSPS) is 8.93. The van der Waals surface area contributed by atoms with Crippen LogP contribution in [0.5, 0.6) is 0 Å². The number of nitrogens with zero attached hydrogens (tertiary/aromatic N) is 3. The summed E-state index contributed by atoms with van der Waals surface area (Å²) in [5.74, 6) is -0.169. The van der Waals surface area contributed by atoms with Gasteiger partial charge in [-0.15, -0.1) is 0 Å². The second kappa shape index (κ2) is 4.25. The molecule has 0 aliphatic heterocycles. The summed E-state index contributed by atoms with van der Waals surface area (Å²) >= 11 is 0. The van der Waals surface area contributed by atoms with E-state index in [-0.39, 0.29) is 5.78 Å². The topological polar surface area (TPSA) is 65.8 Å². The number of carbonyl (C=O) groups excluding carboxylic acids is 1. The Kier molecular flexibility index (Phi) is 3.05. The van der Waals surface area contributed by atoms with Crippen molar-refractivity contribution in [1.29, 1.82) is 0 Å². The van der Waals surface area contributed by atoms with E-state index in [4.69, 9.17) is 5.53 Å². The summed E-state index contributed by atoms with van der Waals surface area (Å²) < 4.78 is 0. The van der Waals surface area contributed by atoms with Gasteiger partial charge in [-0.3, -0.25) is 4.79 Å². The van der Waals surface area contributed by atoms with Gasteiger partial charge >= 0.3 is 0 Å². The van der Waals surface area contributed by atoms with Crippen LogP contribution in [0.25, 0.3) is 10.4 Å². The fourth-order valence-corrected chi connectivity index (χ4v) is 1.16. The highest BCUT2D eigenvalue weighted by Gasteiger charge is 2.07. The number of hydrogen-bond acceptors (Lipinski definition) is 2. The molecule has 0 saturated carbocycles. The molecule has 0 bridgehead atoms. The molecule has 0 N–H and O–H groups in total. The zero-order valence-corrected chi connectivity index (χ0v) is 7.77. The molecule has 0 spiro atoms. The van der Waals surface area contributed by atoms with Gasteiger partial charge in [-0.25, -0.2) is 0 Å². The van der Waals surface area contributed by atoms with Crippen LogP contribution in [-0.4, -0.2) is 5.78 Å². The van der Waals surface area contributed by atoms with Crippen molar-refractivity contribution in [2.24, 2.45) is 5.11 Å². The minimum absolute atomic E-state index is 0.169. The minimum Gasteiger partial charge on any atom is -0.289 e. The summed E-state index contributed by atoms with van der Waals surface area (Å²) in [7, 11) is 0. The SMILES string of the molecule is C=CC(=O)c1cccc(N=[N+]=[N-])c1C. The van der Waals surface area contributed by atoms with Crippen molar-refractivity contribution in [3.63, 3.8) is 0 Å². The Hall–Kier alpha value is -2.06. The Morgan fingerprint density at radius 2 is 2.36 bits per heavy atom. The summed E-state index contributed by atoms with van der Waals surface area (Å²) in [5, 5.41) is 3.48. The van der Waals surface area contributed by atoms with Crippen molar-refractivity contribution in [1.82, 2.24) is 0 Å². The number of benzene rings is 1. The van der Waals surface area contributed by atoms with Crippen LogP contribution in [0.15, 0.2) is 36.0 Å². The summed E-state index contributed by atoms with van der Waals surface area (Å²) in [6, 6.07) is 5.01. The molecule has 0 amide bonds. The van der Waals surface area contributed by atoms with Crippen LogP contribution in [0.4, 0.5) is 5.69 Å². The van der Waals surface area contributed by atoms with Gasteiger partial charge in [0.05, 0.1) is 0 Å². The Bertz CT molecular complexity index is 431. The maximum atomic E-state index is 11.3. The number of ketones is 1. The smallest absolute Gasteiger partial charge is 0.185 e. The van der Waals surface area contributed by atoms with Gasteiger partial charge in [0.15, 0.2) is 5.78 Å². The van der Waals surface area contributed by atoms with Gasteiger partial charge in [0.25, 0.3) is 0 Å². The van der Waals surface area contributed by atoms with Crippen molar-refractivity contribution < 1.29 is 4.79 Å². The number of azide groups is 1. The molecule has 0 fully saturated rings. The standard InChI is InChI=1S/C10H9N3O/c1-3-10(14)8-5-4-6-9(7(8)2)12-13-11/h3-6H,1H2,2H3. The third-order valence-electron chi connectivity index (χ3n) is 1.91. The second-order valence-electron chi connectivity index (χ2n) is 2.71. The zero-order chi connectivity index (χ0) is 10.6. The van der Waals surface area contributed by atoms with E-state index in [1.54, 1.807) is 25.1 Å². The van der Waals surface area contributed by atoms with Crippen LogP contribution in [0.3, 0.4) is 0 Å². The highest BCUT2D eigenvalue weighted by Crippen LogP contribution is 2.22. The van der Waals surface area contributed by atoms with E-state index in [0.29, 0.717) is 16.8 Å². The molecule has 0 saturated heterocycles. The molecule has 1 aromatic rings. The Labute approximate surface area is 81.5 Å². The summed E-state index contributed by atoms with van der Waals surface area (Å²) in [6.07, 6.45) is 1.24. The largest absolute Gasteiger partial charge is 0.289 e. The molecule has 1 rings (SSSR count). The zero-order valence-electron chi connectivity index (χ0n) is 7.77. The summed E-state index contributed by atoms with van der Waals surface area (Å²) in [4.78, 5) is 14.0. The first-order valence-electron chi connectivity index (χ1n) is 4.02. The van der Waals surface area contributed by atoms with Crippen LogP contribution < -0.4 is 0 Å². The molecule has 0 aliphatic rings. The highest BCUT2D eigenvalue weighted by atomic mass is 16.1. The first-order chi connectivity index (χ1) is 6.70. The maximum absolute atomic E-state index is 11.3. The van der Waals surface area contributed by atoms with E-state index in [2.05, 4.69) is 16.6 Å². The van der Waals surface area contributed by atoms with Gasteiger partial charge in [0, 0.05) is 16.2 Å². The molecule has 4 nitrogen and oxygen atoms in total. The Morgan fingerprint density at radius 1 is 1.64 bits per heavy atom. The quantitative estimate of drug-likeness (QED) is 0.235. The summed E-state index contributed by atoms with van der Waals surface area (Å²) in [5.41, 5.74) is 9.95. The van der Waals surface area contributed by atoms with E-state index < -0.39 is 0 Å². The van der Waals surface area contributed by atoms with Gasteiger partial charge in [0.2, 0.25) is 0 Å². The first-order valence-corrected chi connectivity index (χ1v) is 4.02. The molecule has 0 atom stereocenters. The molecule has 70 valence electrons.